The summed E-state index contributed by atoms with van der Waals surface area (Å²) < 4.78 is 12.8. The van der Waals surface area contributed by atoms with Crippen molar-refractivity contribution in [2.45, 2.75) is 138 Å². The normalized spacial score (nSPS) is 38.5. The number of hydrogen-bond donors (Lipinski definition) is 0. The Kier molecular flexibility index (Phi) is 10.2. The fourth-order valence-corrected chi connectivity index (χ4v) is 11.5. The van der Waals surface area contributed by atoms with Gasteiger partial charge in [0.25, 0.3) is 0 Å². The molecular weight excluding hydrogens is 580 g/mol. The first-order chi connectivity index (χ1) is 22.4. The van der Waals surface area contributed by atoms with Gasteiger partial charge in [-0.1, -0.05) is 96.7 Å². The van der Waals surface area contributed by atoms with Gasteiger partial charge in [0, 0.05) is 5.92 Å². The van der Waals surface area contributed by atoms with Gasteiger partial charge in [-0.25, -0.2) is 9.59 Å². The molecule has 11 atom stereocenters. The van der Waals surface area contributed by atoms with Crippen LogP contribution in [0.2, 0.25) is 0 Å². The van der Waals surface area contributed by atoms with E-state index in [1.807, 2.05) is 43.3 Å². The fraction of sp³-hybridized carbons (Fsp3) is 0.721. The van der Waals surface area contributed by atoms with Crippen LogP contribution in [0.15, 0.2) is 48.1 Å². The van der Waals surface area contributed by atoms with Crippen molar-refractivity contribution in [3.05, 3.63) is 59.2 Å². The molecule has 0 heterocycles. The minimum atomic E-state index is -0.205. The van der Waals surface area contributed by atoms with E-state index < -0.39 is 0 Å². The Morgan fingerprint density at radius 1 is 0.851 bits per heavy atom. The summed E-state index contributed by atoms with van der Waals surface area (Å²) in [7, 11) is 0. The smallest absolute Gasteiger partial charge is 0.338 e. The molecule has 258 valence electrons. The lowest BCUT2D eigenvalue weighted by Gasteiger charge is -2.62. The Morgan fingerprint density at radius 2 is 1.57 bits per heavy atom. The molecule has 0 N–H and O–H groups in total. The van der Waals surface area contributed by atoms with Crippen LogP contribution in [0.25, 0.3) is 0 Å². The summed E-state index contributed by atoms with van der Waals surface area (Å²) in [5.74, 6) is 4.50. The molecule has 0 bridgehead atoms. The van der Waals surface area contributed by atoms with E-state index in [9.17, 15) is 9.59 Å². The van der Waals surface area contributed by atoms with E-state index in [0.717, 1.165) is 55.4 Å². The van der Waals surface area contributed by atoms with E-state index in [2.05, 4.69) is 47.6 Å². The molecular formula is C43H62O4. The molecule has 0 saturated heterocycles. The Labute approximate surface area is 285 Å². The van der Waals surface area contributed by atoms with Crippen molar-refractivity contribution in [2.75, 3.05) is 0 Å². The number of benzene rings is 1. The molecule has 0 spiro atoms. The van der Waals surface area contributed by atoms with Gasteiger partial charge < -0.3 is 9.47 Å². The number of aryl methyl sites for hydroxylation is 1. The number of carbonyl (C=O) groups is 2. The first-order valence-electron chi connectivity index (χ1n) is 19.3. The van der Waals surface area contributed by atoms with Crippen LogP contribution < -0.4 is 0 Å². The molecule has 0 aromatic heterocycles. The summed E-state index contributed by atoms with van der Waals surface area (Å²) in [5.41, 5.74) is 2.90. The molecule has 4 fully saturated rings. The fourth-order valence-electron chi connectivity index (χ4n) is 11.5. The van der Waals surface area contributed by atoms with Gasteiger partial charge in [-0.05, 0) is 129 Å². The molecule has 1 aromatic carbocycles. The molecule has 4 saturated carbocycles. The zero-order valence-corrected chi connectivity index (χ0v) is 30.4. The summed E-state index contributed by atoms with van der Waals surface area (Å²) in [6.45, 7) is 16.6. The Bertz CT molecular complexity index is 1340. The third-order valence-electron chi connectivity index (χ3n) is 14.2. The average Bonchev–Trinajstić information content (AvgIpc) is 3.39. The molecule has 5 aliphatic rings. The van der Waals surface area contributed by atoms with Crippen molar-refractivity contribution >= 4 is 11.9 Å². The maximum absolute atomic E-state index is 13.7. The van der Waals surface area contributed by atoms with Crippen LogP contribution in [0.4, 0.5) is 0 Å². The topological polar surface area (TPSA) is 52.6 Å². The molecule has 6 rings (SSSR count). The Hall–Kier alpha value is -2.36. The molecule has 0 radical (unpaired) electrons. The predicted molar refractivity (Wildman–Crippen MR) is 190 cm³/mol. The number of hydrogen-bond acceptors (Lipinski definition) is 4. The van der Waals surface area contributed by atoms with Gasteiger partial charge in [0.05, 0.1) is 11.1 Å². The Balaban J connectivity index is 1.23. The van der Waals surface area contributed by atoms with Gasteiger partial charge in [-0.3, -0.25) is 0 Å². The minimum absolute atomic E-state index is 0.0752. The van der Waals surface area contributed by atoms with E-state index in [1.54, 1.807) is 0 Å². The molecule has 5 aliphatic carbocycles. The molecule has 0 amide bonds. The summed E-state index contributed by atoms with van der Waals surface area (Å²) in [6.07, 6.45) is 19.6. The van der Waals surface area contributed by atoms with Crippen LogP contribution in [0.3, 0.4) is 0 Å². The maximum Gasteiger partial charge on any atom is 0.338 e. The SMILES string of the molecule is Cc1ccc(C(=O)OC2CC3C4CCC(C(C)CCCC(C)C)C4(C)CCC3C3(C)CCC(OC(=O)C4=CCC(C)C=C4)CC23)cc1. The van der Waals surface area contributed by atoms with E-state index >= 15 is 0 Å². The number of ether oxygens (including phenoxy) is 2. The molecule has 0 aliphatic heterocycles. The summed E-state index contributed by atoms with van der Waals surface area (Å²) in [5, 5.41) is 0. The largest absolute Gasteiger partial charge is 0.459 e. The lowest BCUT2D eigenvalue weighted by molar-refractivity contribution is -0.182. The van der Waals surface area contributed by atoms with Crippen molar-refractivity contribution in [2.24, 2.45) is 58.2 Å². The molecule has 4 heteroatoms. The number of esters is 2. The lowest BCUT2D eigenvalue weighted by atomic mass is 9.43. The maximum atomic E-state index is 13.7. The summed E-state index contributed by atoms with van der Waals surface area (Å²) in [6, 6.07) is 7.80. The zero-order valence-electron chi connectivity index (χ0n) is 30.4. The quantitative estimate of drug-likeness (QED) is 0.252. The van der Waals surface area contributed by atoms with E-state index in [4.69, 9.17) is 9.47 Å². The second-order valence-electron chi connectivity index (χ2n) is 17.6. The highest BCUT2D eigenvalue weighted by molar-refractivity contribution is 5.92. The van der Waals surface area contributed by atoms with Crippen molar-refractivity contribution in [1.82, 2.24) is 0 Å². The Morgan fingerprint density at radius 3 is 2.28 bits per heavy atom. The number of allylic oxidation sites excluding steroid dienone is 2. The zero-order chi connectivity index (χ0) is 33.5. The number of rotatable bonds is 9. The van der Waals surface area contributed by atoms with Gasteiger partial charge in [-0.2, -0.15) is 0 Å². The van der Waals surface area contributed by atoms with Crippen molar-refractivity contribution in [3.8, 4) is 0 Å². The van der Waals surface area contributed by atoms with E-state index in [0.29, 0.717) is 40.2 Å². The van der Waals surface area contributed by atoms with Gasteiger partial charge in [0.1, 0.15) is 12.2 Å². The summed E-state index contributed by atoms with van der Waals surface area (Å²) >= 11 is 0. The third-order valence-corrected chi connectivity index (χ3v) is 14.2. The van der Waals surface area contributed by atoms with Crippen molar-refractivity contribution < 1.29 is 19.1 Å². The average molecular weight is 643 g/mol. The van der Waals surface area contributed by atoms with Crippen LogP contribution in [0, 0.1) is 65.1 Å². The van der Waals surface area contributed by atoms with Crippen molar-refractivity contribution in [3.63, 3.8) is 0 Å². The molecule has 47 heavy (non-hydrogen) atoms. The molecule has 1 aromatic rings. The van der Waals surface area contributed by atoms with E-state index in [1.165, 1.54) is 44.9 Å². The highest BCUT2D eigenvalue weighted by Crippen LogP contribution is 2.69. The van der Waals surface area contributed by atoms with Gasteiger partial charge >= 0.3 is 11.9 Å². The predicted octanol–water partition coefficient (Wildman–Crippen LogP) is 10.7. The monoisotopic (exact) mass is 642 g/mol. The van der Waals surface area contributed by atoms with Crippen LogP contribution in [0.5, 0.6) is 0 Å². The van der Waals surface area contributed by atoms with Gasteiger partial charge in [0.15, 0.2) is 0 Å². The van der Waals surface area contributed by atoms with Gasteiger partial charge in [-0.15, -0.1) is 0 Å². The summed E-state index contributed by atoms with van der Waals surface area (Å²) in [4.78, 5) is 26.9. The third kappa shape index (κ3) is 6.91. The molecule has 11 unspecified atom stereocenters. The minimum Gasteiger partial charge on any atom is -0.459 e. The number of fused-ring (bicyclic) bond motifs is 5. The van der Waals surface area contributed by atoms with Crippen molar-refractivity contribution in [1.29, 1.82) is 0 Å². The number of carbonyl (C=O) groups excluding carboxylic acids is 2. The molecule has 4 nitrogen and oxygen atoms in total. The lowest BCUT2D eigenvalue weighted by Crippen LogP contribution is -2.59. The second kappa shape index (κ2) is 13.9. The van der Waals surface area contributed by atoms with Gasteiger partial charge in [0.2, 0.25) is 0 Å². The second-order valence-corrected chi connectivity index (χ2v) is 17.6. The van der Waals surface area contributed by atoms with E-state index in [-0.39, 0.29) is 35.5 Å². The highest BCUT2D eigenvalue weighted by Gasteiger charge is 2.63. The first-order valence-corrected chi connectivity index (χ1v) is 19.3. The standard InChI is InChI=1S/C43H62O4/c1-27(2)9-8-10-30(5)35-19-20-36-34-26-39(47-41(45)32-17-13-29(4)14-18-32)38-25-33(46-40(44)31-15-11-28(3)12-16-31)21-23-43(38,7)37(34)22-24-42(35,36)6/h11,13-18,27-28,30,33-39H,8-10,12,19-26H2,1-7H3. The van der Waals surface area contributed by atoms with Crippen LogP contribution in [-0.4, -0.2) is 24.1 Å². The van der Waals surface area contributed by atoms with Crippen LogP contribution in [-0.2, 0) is 14.3 Å². The first kappa shape index (κ1) is 34.5. The van der Waals surface area contributed by atoms with Crippen LogP contribution in [0.1, 0.15) is 135 Å². The highest BCUT2D eigenvalue weighted by atomic mass is 16.6. The van der Waals surface area contributed by atoms with Crippen LogP contribution >= 0.6 is 0 Å².